The fourth-order valence-corrected chi connectivity index (χ4v) is 5.64. The summed E-state index contributed by atoms with van der Waals surface area (Å²) in [6.07, 6.45) is 0. The van der Waals surface area contributed by atoms with E-state index in [1.165, 1.54) is 57.5 Å². The highest BCUT2D eigenvalue weighted by Gasteiger charge is 2.25. The molecule has 0 fully saturated rings. The molecule has 0 unspecified atom stereocenters. The number of methoxy groups -OCH3 is 2. The average molecular weight is 483 g/mol. The molecule has 0 saturated carbocycles. The van der Waals surface area contributed by atoms with Gasteiger partial charge in [0.15, 0.2) is 0 Å². The maximum atomic E-state index is 12.6. The van der Waals surface area contributed by atoms with Crippen LogP contribution in [0.15, 0.2) is 46.2 Å². The molecule has 0 aliphatic rings. The van der Waals surface area contributed by atoms with E-state index in [-0.39, 0.29) is 37.9 Å². The Labute approximate surface area is 180 Å². The Morgan fingerprint density at radius 2 is 1.31 bits per heavy atom. The smallest absolute Gasteiger partial charge is 0.244 e. The van der Waals surface area contributed by atoms with Crippen molar-refractivity contribution in [3.63, 3.8) is 0 Å². The highest BCUT2D eigenvalue weighted by molar-refractivity contribution is 7.90. The molecule has 0 bridgehead atoms. The minimum absolute atomic E-state index is 0.110. The van der Waals surface area contributed by atoms with E-state index in [0.717, 1.165) is 0 Å². The van der Waals surface area contributed by atoms with Crippen LogP contribution in [0.2, 0.25) is 10.0 Å². The van der Waals surface area contributed by atoms with Gasteiger partial charge in [0, 0.05) is 22.6 Å². The molecule has 12 heteroatoms. The van der Waals surface area contributed by atoms with Crippen LogP contribution >= 0.6 is 23.2 Å². The van der Waals surface area contributed by atoms with Crippen molar-refractivity contribution in [3.8, 4) is 11.5 Å². The molecule has 2 N–H and O–H groups in total. The molecular formula is C17H20Cl2N2O6S2. The van der Waals surface area contributed by atoms with E-state index >= 15 is 0 Å². The van der Waals surface area contributed by atoms with E-state index in [1.807, 2.05) is 0 Å². The Hall–Kier alpha value is -1.56. The minimum Gasteiger partial charge on any atom is -0.495 e. The molecule has 0 radical (unpaired) electrons. The van der Waals surface area contributed by atoms with E-state index in [2.05, 4.69) is 9.44 Å². The first-order valence-electron chi connectivity index (χ1n) is 8.19. The third-order valence-electron chi connectivity index (χ3n) is 3.77. The summed E-state index contributed by atoms with van der Waals surface area (Å²) < 4.78 is 65.3. The zero-order chi connectivity index (χ0) is 21.8. The highest BCUT2D eigenvalue weighted by Crippen LogP contribution is 2.28. The third kappa shape index (κ3) is 5.97. The minimum atomic E-state index is -4.02. The van der Waals surface area contributed by atoms with Gasteiger partial charge in [0.25, 0.3) is 0 Å². The van der Waals surface area contributed by atoms with Crippen LogP contribution in [0.3, 0.4) is 0 Å². The van der Waals surface area contributed by atoms with Crippen LogP contribution in [0, 0.1) is 0 Å². The Bertz CT molecular complexity index is 1090. The summed E-state index contributed by atoms with van der Waals surface area (Å²) in [5.41, 5.74) is 0. The molecule has 1 atom stereocenters. The van der Waals surface area contributed by atoms with Crippen molar-refractivity contribution >= 4 is 43.2 Å². The summed E-state index contributed by atoms with van der Waals surface area (Å²) in [6.45, 7) is 1.28. The lowest BCUT2D eigenvalue weighted by molar-refractivity contribution is 0.401. The second kappa shape index (κ2) is 9.50. The van der Waals surface area contributed by atoms with Crippen molar-refractivity contribution in [2.75, 3.05) is 20.8 Å². The number of hydrogen-bond donors (Lipinski definition) is 2. The van der Waals surface area contributed by atoms with Gasteiger partial charge in [0.05, 0.1) is 14.2 Å². The van der Waals surface area contributed by atoms with E-state index in [1.54, 1.807) is 0 Å². The topological polar surface area (TPSA) is 111 Å². The zero-order valence-electron chi connectivity index (χ0n) is 15.8. The molecule has 2 rings (SSSR count). The predicted molar refractivity (Wildman–Crippen MR) is 111 cm³/mol. The van der Waals surface area contributed by atoms with Gasteiger partial charge < -0.3 is 9.47 Å². The normalized spacial score (nSPS) is 13.1. The van der Waals surface area contributed by atoms with Crippen molar-refractivity contribution in [1.82, 2.24) is 9.44 Å². The third-order valence-corrected chi connectivity index (χ3v) is 7.29. The fourth-order valence-electron chi connectivity index (χ4n) is 2.40. The Morgan fingerprint density at radius 1 is 0.862 bits per heavy atom. The molecule has 29 heavy (non-hydrogen) atoms. The van der Waals surface area contributed by atoms with Gasteiger partial charge in [-0.05, 0) is 43.3 Å². The molecule has 0 saturated heterocycles. The largest absolute Gasteiger partial charge is 0.495 e. The summed E-state index contributed by atoms with van der Waals surface area (Å²) in [6, 6.07) is 7.54. The summed E-state index contributed by atoms with van der Waals surface area (Å²) in [7, 11) is -5.35. The summed E-state index contributed by atoms with van der Waals surface area (Å²) >= 11 is 11.8. The second-order valence-corrected chi connectivity index (χ2v) is 10.3. The van der Waals surface area contributed by atoms with Crippen LogP contribution in [0.4, 0.5) is 0 Å². The van der Waals surface area contributed by atoms with Gasteiger partial charge in [-0.1, -0.05) is 23.2 Å². The first-order chi connectivity index (χ1) is 13.5. The highest BCUT2D eigenvalue weighted by atomic mass is 35.5. The standard InChI is InChI=1S/C17H20Cl2N2O6S2/c1-11(21-29(24,25)17-9-13(19)5-7-15(17)27-3)10-20-28(22,23)16-8-12(18)4-6-14(16)26-2/h4-9,11,20-21H,10H2,1-3H3/t11-/m0/s1. The lowest BCUT2D eigenvalue weighted by Gasteiger charge is -2.17. The van der Waals surface area contributed by atoms with Gasteiger partial charge in [-0.3, -0.25) is 0 Å². The molecule has 0 aromatic heterocycles. The van der Waals surface area contributed by atoms with Gasteiger partial charge >= 0.3 is 0 Å². The first-order valence-corrected chi connectivity index (χ1v) is 11.9. The number of ether oxygens (including phenoxy) is 2. The Kier molecular flexibility index (Phi) is 7.77. The molecule has 2 aromatic rings. The predicted octanol–water partition coefficient (Wildman–Crippen LogP) is 2.66. The molecule has 0 aliphatic heterocycles. The van der Waals surface area contributed by atoms with Gasteiger partial charge in [-0.15, -0.1) is 0 Å². The van der Waals surface area contributed by atoms with Crippen LogP contribution in [0.1, 0.15) is 6.92 Å². The van der Waals surface area contributed by atoms with Crippen molar-refractivity contribution in [1.29, 1.82) is 0 Å². The quantitative estimate of drug-likeness (QED) is 0.568. The molecule has 160 valence electrons. The average Bonchev–Trinajstić information content (AvgIpc) is 2.66. The molecule has 0 amide bonds. The number of halogens is 2. The molecule has 0 aliphatic carbocycles. The summed E-state index contributed by atoms with van der Waals surface area (Å²) in [5, 5.41) is 0.431. The molecule has 0 spiro atoms. The van der Waals surface area contributed by atoms with Crippen LogP contribution in [0.5, 0.6) is 11.5 Å². The van der Waals surface area contributed by atoms with Gasteiger partial charge in [-0.2, -0.15) is 0 Å². The van der Waals surface area contributed by atoms with Gasteiger partial charge in [0.1, 0.15) is 21.3 Å². The number of sulfonamides is 2. The Balaban J connectivity index is 2.16. The second-order valence-electron chi connectivity index (χ2n) is 5.96. The number of benzene rings is 2. The SMILES string of the molecule is COc1ccc(Cl)cc1S(=O)(=O)NC[C@H](C)NS(=O)(=O)c1cc(Cl)ccc1OC. The van der Waals surface area contributed by atoms with Crippen LogP contribution in [-0.2, 0) is 20.0 Å². The first kappa shape index (κ1) is 23.7. The molecular weight excluding hydrogens is 463 g/mol. The number of hydrogen-bond acceptors (Lipinski definition) is 6. The van der Waals surface area contributed by atoms with Crippen molar-refractivity contribution in [2.45, 2.75) is 22.8 Å². The van der Waals surface area contributed by atoms with Crippen LogP contribution in [0.25, 0.3) is 0 Å². The lowest BCUT2D eigenvalue weighted by Crippen LogP contribution is -2.41. The lowest BCUT2D eigenvalue weighted by atomic mass is 10.3. The fraction of sp³-hybridized carbons (Fsp3) is 0.294. The number of rotatable bonds is 9. The molecule has 2 aromatic carbocycles. The molecule has 0 heterocycles. The van der Waals surface area contributed by atoms with Gasteiger partial charge in [-0.25, -0.2) is 26.3 Å². The van der Waals surface area contributed by atoms with E-state index in [4.69, 9.17) is 32.7 Å². The maximum Gasteiger partial charge on any atom is 0.244 e. The monoisotopic (exact) mass is 482 g/mol. The van der Waals surface area contributed by atoms with Crippen molar-refractivity contribution < 1.29 is 26.3 Å². The maximum absolute atomic E-state index is 12.6. The van der Waals surface area contributed by atoms with Crippen molar-refractivity contribution in [2.24, 2.45) is 0 Å². The van der Waals surface area contributed by atoms with Crippen LogP contribution < -0.4 is 18.9 Å². The molecule has 8 nitrogen and oxygen atoms in total. The van der Waals surface area contributed by atoms with E-state index in [9.17, 15) is 16.8 Å². The zero-order valence-corrected chi connectivity index (χ0v) is 18.9. The van der Waals surface area contributed by atoms with E-state index < -0.39 is 26.1 Å². The number of nitrogens with one attached hydrogen (secondary N) is 2. The summed E-state index contributed by atoms with van der Waals surface area (Å²) in [4.78, 5) is -0.308. The van der Waals surface area contributed by atoms with Crippen molar-refractivity contribution in [3.05, 3.63) is 46.4 Å². The Morgan fingerprint density at radius 3 is 1.76 bits per heavy atom. The summed E-state index contributed by atoms with van der Waals surface area (Å²) in [5.74, 6) is 0.220. The van der Waals surface area contributed by atoms with E-state index in [0.29, 0.717) is 0 Å². The van der Waals surface area contributed by atoms with Gasteiger partial charge in [0.2, 0.25) is 20.0 Å². The van der Waals surface area contributed by atoms with Crippen LogP contribution in [-0.4, -0.2) is 43.6 Å².